The van der Waals surface area contributed by atoms with Crippen LogP contribution in [0.3, 0.4) is 0 Å². The van der Waals surface area contributed by atoms with Crippen molar-refractivity contribution in [2.75, 3.05) is 24.5 Å². The van der Waals surface area contributed by atoms with Crippen molar-refractivity contribution in [3.63, 3.8) is 0 Å². The molecule has 0 unspecified atom stereocenters. The van der Waals surface area contributed by atoms with Gasteiger partial charge in [-0.1, -0.05) is 0 Å². The van der Waals surface area contributed by atoms with Crippen LogP contribution in [0.5, 0.6) is 0 Å². The number of hydrogen-bond donors (Lipinski definition) is 0. The molecule has 1 aromatic heterocycles. The van der Waals surface area contributed by atoms with Crippen LogP contribution < -0.4 is 4.90 Å². The lowest BCUT2D eigenvalue weighted by atomic mass is 9.88. The summed E-state index contributed by atoms with van der Waals surface area (Å²) in [6.07, 6.45) is -0.727. The van der Waals surface area contributed by atoms with Gasteiger partial charge < -0.3 is 9.64 Å². The fourth-order valence-corrected chi connectivity index (χ4v) is 3.87. The van der Waals surface area contributed by atoms with E-state index in [0.717, 1.165) is 23.2 Å². The molecule has 0 atom stereocenters. The number of pyridine rings is 1. The zero-order valence-corrected chi connectivity index (χ0v) is 15.5. The molecule has 0 bridgehead atoms. The first-order valence-electron chi connectivity index (χ1n) is 9.24. The number of nitrogens with zero attached hydrogens (tertiary/aromatic N) is 3. The molecule has 1 spiro atoms. The third-order valence-corrected chi connectivity index (χ3v) is 5.36. The molecular weight excluding hydrogens is 390 g/mol. The van der Waals surface area contributed by atoms with Gasteiger partial charge in [0.2, 0.25) is 0 Å². The van der Waals surface area contributed by atoms with Gasteiger partial charge in [-0.25, -0.2) is 8.78 Å². The largest absolute Gasteiger partial charge is 0.437 e. The normalized spacial score (nSPS) is 21.5. The molecule has 4 rings (SSSR count). The molecule has 0 N–H and O–H groups in total. The first-order chi connectivity index (χ1) is 13.8. The molecule has 154 valence electrons. The maximum Gasteiger partial charge on any atom is 0.437 e. The fourth-order valence-electron chi connectivity index (χ4n) is 3.87. The molecule has 0 radical (unpaired) electrons. The Hall–Kier alpha value is -2.52. The number of ether oxygens (including phenoxy) is 1. The SMILES string of the molecule is O=C1N(c2ccc(F)cc2)CC2(CCN(Cc3cncc(F)c3)CC2)OC1(F)F. The van der Waals surface area contributed by atoms with Crippen LogP contribution >= 0.6 is 0 Å². The molecule has 5 nitrogen and oxygen atoms in total. The topological polar surface area (TPSA) is 45.7 Å². The van der Waals surface area contributed by atoms with Gasteiger partial charge in [0.1, 0.15) is 11.6 Å². The lowest BCUT2D eigenvalue weighted by molar-refractivity contribution is -0.293. The van der Waals surface area contributed by atoms with Gasteiger partial charge in [-0.2, -0.15) is 8.78 Å². The van der Waals surface area contributed by atoms with E-state index < -0.39 is 29.3 Å². The average molecular weight is 409 g/mol. The Morgan fingerprint density at radius 3 is 2.38 bits per heavy atom. The second-order valence-corrected chi connectivity index (χ2v) is 7.46. The number of morpholine rings is 1. The molecular formula is C20H19F4N3O2. The Morgan fingerprint density at radius 1 is 1.03 bits per heavy atom. The van der Waals surface area contributed by atoms with Crippen molar-refractivity contribution in [2.24, 2.45) is 0 Å². The number of anilines is 1. The highest BCUT2D eigenvalue weighted by molar-refractivity contribution is 5.98. The van der Waals surface area contributed by atoms with Crippen LogP contribution in [0.4, 0.5) is 23.2 Å². The number of alkyl halides is 2. The summed E-state index contributed by atoms with van der Waals surface area (Å²) < 4.78 is 60.3. The van der Waals surface area contributed by atoms with Gasteiger partial charge in [0.15, 0.2) is 0 Å². The first kappa shape index (κ1) is 19.8. The lowest BCUT2D eigenvalue weighted by Crippen LogP contribution is -2.64. The van der Waals surface area contributed by atoms with Crippen LogP contribution in [0, 0.1) is 11.6 Å². The molecule has 9 heteroatoms. The number of halogens is 4. The van der Waals surface area contributed by atoms with E-state index in [-0.39, 0.29) is 25.1 Å². The van der Waals surface area contributed by atoms with Crippen molar-refractivity contribution in [3.8, 4) is 0 Å². The molecule has 2 fully saturated rings. The van der Waals surface area contributed by atoms with E-state index in [1.165, 1.54) is 18.2 Å². The number of aromatic nitrogens is 1. The predicted octanol–water partition coefficient (Wildman–Crippen LogP) is 3.35. The number of likely N-dealkylation sites (tertiary alicyclic amines) is 1. The van der Waals surface area contributed by atoms with Crippen molar-refractivity contribution in [1.29, 1.82) is 0 Å². The third kappa shape index (κ3) is 4.11. The van der Waals surface area contributed by atoms with E-state index in [2.05, 4.69) is 4.98 Å². The number of hydrogen-bond acceptors (Lipinski definition) is 4. The van der Waals surface area contributed by atoms with Gasteiger partial charge in [0.25, 0.3) is 0 Å². The molecule has 3 heterocycles. The Kier molecular flexibility index (Phi) is 5.04. The summed E-state index contributed by atoms with van der Waals surface area (Å²) in [5.74, 6) is -2.40. The van der Waals surface area contributed by atoms with Crippen molar-refractivity contribution >= 4 is 11.6 Å². The number of carbonyl (C=O) groups is 1. The van der Waals surface area contributed by atoms with Crippen LogP contribution in [0.1, 0.15) is 18.4 Å². The maximum atomic E-state index is 14.4. The Morgan fingerprint density at radius 2 is 1.72 bits per heavy atom. The smallest absolute Gasteiger partial charge is 0.304 e. The zero-order chi connectivity index (χ0) is 20.6. The molecule has 2 aliphatic rings. The Bertz CT molecular complexity index is 899. The van der Waals surface area contributed by atoms with Crippen molar-refractivity contribution in [3.05, 3.63) is 59.9 Å². The molecule has 1 amide bonds. The number of rotatable bonds is 3. The van der Waals surface area contributed by atoms with E-state index in [9.17, 15) is 22.4 Å². The van der Waals surface area contributed by atoms with Crippen molar-refractivity contribution < 1.29 is 27.1 Å². The summed E-state index contributed by atoms with van der Waals surface area (Å²) in [7, 11) is 0. The van der Waals surface area contributed by atoms with E-state index in [1.807, 2.05) is 4.90 Å². The van der Waals surface area contributed by atoms with Crippen LogP contribution in [0.25, 0.3) is 0 Å². The number of piperidine rings is 1. The second kappa shape index (κ2) is 7.38. The molecule has 29 heavy (non-hydrogen) atoms. The molecule has 0 saturated carbocycles. The lowest BCUT2D eigenvalue weighted by Gasteiger charge is -2.48. The van der Waals surface area contributed by atoms with Gasteiger partial charge in [-0.15, -0.1) is 0 Å². The second-order valence-electron chi connectivity index (χ2n) is 7.46. The molecule has 2 saturated heterocycles. The van der Waals surface area contributed by atoms with E-state index in [4.69, 9.17) is 4.74 Å². The zero-order valence-electron chi connectivity index (χ0n) is 15.5. The Balaban J connectivity index is 1.49. The van der Waals surface area contributed by atoms with Crippen molar-refractivity contribution in [2.45, 2.75) is 31.1 Å². The van der Waals surface area contributed by atoms with Gasteiger partial charge in [0.05, 0.1) is 18.3 Å². The summed E-state index contributed by atoms with van der Waals surface area (Å²) in [4.78, 5) is 19.0. The minimum Gasteiger partial charge on any atom is -0.304 e. The molecule has 0 aliphatic carbocycles. The highest BCUT2D eigenvalue weighted by atomic mass is 19.3. The summed E-state index contributed by atoms with van der Waals surface area (Å²) in [6, 6.07) is 6.23. The maximum absolute atomic E-state index is 14.4. The van der Waals surface area contributed by atoms with Crippen LogP contribution in [-0.4, -0.2) is 47.1 Å². The van der Waals surface area contributed by atoms with Gasteiger partial charge >= 0.3 is 12.0 Å². The number of carbonyl (C=O) groups excluding carboxylic acids is 1. The summed E-state index contributed by atoms with van der Waals surface area (Å²) in [6.45, 7) is 1.29. The minimum absolute atomic E-state index is 0.0393. The average Bonchev–Trinajstić information content (AvgIpc) is 2.67. The highest BCUT2D eigenvalue weighted by Gasteiger charge is 2.57. The van der Waals surface area contributed by atoms with Gasteiger partial charge in [-0.05, 0) is 48.7 Å². The first-order valence-corrected chi connectivity index (χ1v) is 9.24. The van der Waals surface area contributed by atoms with E-state index in [1.54, 1.807) is 6.20 Å². The molecule has 2 aromatic rings. The molecule has 1 aromatic carbocycles. The highest BCUT2D eigenvalue weighted by Crippen LogP contribution is 2.40. The predicted molar refractivity (Wildman–Crippen MR) is 96.2 cm³/mol. The monoisotopic (exact) mass is 409 g/mol. The third-order valence-electron chi connectivity index (χ3n) is 5.36. The fraction of sp³-hybridized carbons (Fsp3) is 0.400. The quantitative estimate of drug-likeness (QED) is 0.730. The number of amides is 1. The minimum atomic E-state index is -3.96. The van der Waals surface area contributed by atoms with Crippen LogP contribution in [0.2, 0.25) is 0 Å². The standard InChI is InChI=1S/C20H19F4N3O2/c21-15-1-3-17(4-2-15)27-13-19(29-20(23,24)18(27)28)5-7-26(8-6-19)12-14-9-16(22)11-25-10-14/h1-4,9-11H,5-8,12-13H2. The van der Waals surface area contributed by atoms with Gasteiger partial charge in [-0.3, -0.25) is 14.7 Å². The van der Waals surface area contributed by atoms with E-state index in [0.29, 0.717) is 25.2 Å². The van der Waals surface area contributed by atoms with Crippen LogP contribution in [0.15, 0.2) is 42.7 Å². The molecule has 2 aliphatic heterocycles. The van der Waals surface area contributed by atoms with Crippen LogP contribution in [-0.2, 0) is 16.1 Å². The Labute approximate surface area is 164 Å². The summed E-state index contributed by atoms with van der Waals surface area (Å²) in [5, 5.41) is 0. The van der Waals surface area contributed by atoms with Crippen molar-refractivity contribution in [1.82, 2.24) is 9.88 Å². The number of benzene rings is 1. The van der Waals surface area contributed by atoms with Gasteiger partial charge in [0, 0.05) is 31.5 Å². The van der Waals surface area contributed by atoms with E-state index >= 15 is 0 Å². The summed E-state index contributed by atoms with van der Waals surface area (Å²) in [5.41, 5.74) is -0.311. The summed E-state index contributed by atoms with van der Waals surface area (Å²) >= 11 is 0.